The van der Waals surface area contributed by atoms with E-state index < -0.39 is 0 Å². The maximum absolute atomic E-state index is 2.48. The molecule has 0 spiro atoms. The van der Waals surface area contributed by atoms with Crippen molar-refractivity contribution < 1.29 is 0 Å². The molecule has 0 fully saturated rings. The third kappa shape index (κ3) is 14.4. The molecule has 0 aliphatic rings. The monoisotopic (exact) mass is 282 g/mol. The fourth-order valence-corrected chi connectivity index (χ4v) is 3.02. The van der Waals surface area contributed by atoms with Crippen LogP contribution in [0.2, 0.25) is 0 Å². The van der Waals surface area contributed by atoms with Gasteiger partial charge in [-0.25, -0.2) is 0 Å². The highest BCUT2D eigenvalue weighted by atomic mass is 14.2. The van der Waals surface area contributed by atoms with Crippen LogP contribution in [0, 0.1) is 11.3 Å². The van der Waals surface area contributed by atoms with Crippen molar-refractivity contribution in [3.8, 4) is 0 Å². The van der Waals surface area contributed by atoms with E-state index >= 15 is 0 Å². The lowest BCUT2D eigenvalue weighted by atomic mass is 9.82. The van der Waals surface area contributed by atoms with E-state index in [0.717, 1.165) is 5.92 Å². The molecule has 0 N–H and O–H groups in total. The summed E-state index contributed by atoms with van der Waals surface area (Å²) >= 11 is 0. The molecule has 0 nitrogen and oxygen atoms in total. The van der Waals surface area contributed by atoms with Crippen LogP contribution in [0.4, 0.5) is 0 Å². The topological polar surface area (TPSA) is 0 Å². The summed E-state index contributed by atoms with van der Waals surface area (Å²) in [5, 5.41) is 0. The lowest BCUT2D eigenvalue weighted by Gasteiger charge is -2.24. The summed E-state index contributed by atoms with van der Waals surface area (Å²) in [6.07, 6.45) is 18.7. The molecule has 0 unspecified atom stereocenters. The molecule has 20 heavy (non-hydrogen) atoms. The van der Waals surface area contributed by atoms with Gasteiger partial charge in [-0.15, -0.1) is 0 Å². The number of rotatable bonds is 14. The summed E-state index contributed by atoms with van der Waals surface area (Å²) in [4.78, 5) is 0. The zero-order chi connectivity index (χ0) is 15.3. The average Bonchev–Trinajstić information content (AvgIpc) is 2.37. The largest absolute Gasteiger partial charge is 0.0654 e. The van der Waals surface area contributed by atoms with Crippen LogP contribution < -0.4 is 0 Å². The van der Waals surface area contributed by atoms with Crippen molar-refractivity contribution in [3.05, 3.63) is 0 Å². The Hall–Kier alpha value is 0. The van der Waals surface area contributed by atoms with Crippen LogP contribution >= 0.6 is 0 Å². The first-order valence-corrected chi connectivity index (χ1v) is 9.48. The molecule has 0 radical (unpaired) electrons. The molecule has 0 heterocycles. The molecule has 0 aliphatic carbocycles. The molecule has 0 heteroatoms. The van der Waals surface area contributed by atoms with Crippen molar-refractivity contribution in [2.45, 2.75) is 118 Å². The molecule has 0 saturated carbocycles. The Balaban J connectivity index is 3.38. The molecule has 0 saturated heterocycles. The van der Waals surface area contributed by atoms with Gasteiger partial charge in [-0.3, -0.25) is 0 Å². The van der Waals surface area contributed by atoms with E-state index in [-0.39, 0.29) is 0 Å². The van der Waals surface area contributed by atoms with Gasteiger partial charge in [0.05, 0.1) is 0 Å². The Labute approximate surface area is 130 Å². The Morgan fingerprint density at radius 3 is 1.60 bits per heavy atom. The fraction of sp³-hybridized carbons (Fsp3) is 1.00. The van der Waals surface area contributed by atoms with E-state index in [1.165, 1.54) is 83.5 Å². The molecule has 0 amide bonds. The maximum atomic E-state index is 2.48. The molecular weight excluding hydrogens is 240 g/mol. The molecule has 0 aromatic heterocycles. The first-order valence-electron chi connectivity index (χ1n) is 9.48. The highest BCUT2D eigenvalue weighted by Gasteiger charge is 2.16. The van der Waals surface area contributed by atoms with Gasteiger partial charge in [0.25, 0.3) is 0 Å². The van der Waals surface area contributed by atoms with Crippen molar-refractivity contribution in [1.82, 2.24) is 0 Å². The maximum Gasteiger partial charge on any atom is -0.0354 e. The molecule has 0 rings (SSSR count). The fourth-order valence-electron chi connectivity index (χ4n) is 3.02. The third-order valence-corrected chi connectivity index (χ3v) is 4.59. The minimum Gasteiger partial charge on any atom is -0.0654 e. The number of hydrogen-bond donors (Lipinski definition) is 0. The van der Waals surface area contributed by atoms with Crippen LogP contribution in [0.25, 0.3) is 0 Å². The van der Waals surface area contributed by atoms with E-state index in [2.05, 4.69) is 34.6 Å². The second-order valence-corrected chi connectivity index (χ2v) is 8.03. The zero-order valence-electron chi connectivity index (χ0n) is 15.3. The van der Waals surface area contributed by atoms with Crippen LogP contribution in [-0.2, 0) is 0 Å². The lowest BCUT2D eigenvalue weighted by molar-refractivity contribution is 0.282. The molecule has 0 bridgehead atoms. The van der Waals surface area contributed by atoms with Crippen LogP contribution in [0.15, 0.2) is 0 Å². The molecule has 0 aromatic carbocycles. The molecule has 0 aliphatic heterocycles. The van der Waals surface area contributed by atoms with Gasteiger partial charge in [0, 0.05) is 0 Å². The second kappa shape index (κ2) is 12.7. The van der Waals surface area contributed by atoms with Gasteiger partial charge in [0.15, 0.2) is 0 Å². The Morgan fingerprint density at radius 2 is 1.10 bits per heavy atom. The summed E-state index contributed by atoms with van der Waals surface area (Å²) in [6, 6.07) is 0. The Morgan fingerprint density at radius 1 is 0.650 bits per heavy atom. The van der Waals surface area contributed by atoms with E-state index in [9.17, 15) is 0 Å². The molecule has 0 atom stereocenters. The van der Waals surface area contributed by atoms with Gasteiger partial charge in [-0.05, 0) is 24.2 Å². The molecule has 122 valence electrons. The second-order valence-electron chi connectivity index (χ2n) is 8.03. The van der Waals surface area contributed by atoms with Crippen LogP contribution in [0.5, 0.6) is 0 Å². The predicted octanol–water partition coefficient (Wildman–Crippen LogP) is 7.76. The van der Waals surface area contributed by atoms with Gasteiger partial charge >= 0.3 is 0 Å². The zero-order valence-corrected chi connectivity index (χ0v) is 15.3. The Kier molecular flexibility index (Phi) is 12.7. The minimum atomic E-state index is 0.587. The lowest BCUT2D eigenvalue weighted by Crippen LogP contribution is -2.11. The highest BCUT2D eigenvalue weighted by molar-refractivity contribution is 4.68. The van der Waals surface area contributed by atoms with Crippen LogP contribution in [-0.4, -0.2) is 0 Å². The van der Waals surface area contributed by atoms with Crippen molar-refractivity contribution in [3.63, 3.8) is 0 Å². The summed E-state index contributed by atoms with van der Waals surface area (Å²) in [5.41, 5.74) is 0.587. The predicted molar refractivity (Wildman–Crippen MR) is 94.3 cm³/mol. The summed E-state index contributed by atoms with van der Waals surface area (Å²) in [5.74, 6) is 0.890. The third-order valence-electron chi connectivity index (χ3n) is 4.59. The highest BCUT2D eigenvalue weighted by Crippen LogP contribution is 2.30. The minimum absolute atomic E-state index is 0.587. The van der Waals surface area contributed by atoms with Crippen LogP contribution in [0.3, 0.4) is 0 Å². The van der Waals surface area contributed by atoms with Crippen LogP contribution in [0.1, 0.15) is 118 Å². The molecule has 0 aromatic rings. The number of unbranched alkanes of at least 4 members (excludes halogenated alkanes) is 8. The number of hydrogen-bond acceptors (Lipinski definition) is 0. The SMILES string of the molecule is CCCCCCCC(C)(C)CCCCCCCC(C)C. The normalized spacial score (nSPS) is 12.3. The average molecular weight is 283 g/mol. The quantitative estimate of drug-likeness (QED) is 0.285. The van der Waals surface area contributed by atoms with Gasteiger partial charge in [0.1, 0.15) is 0 Å². The van der Waals surface area contributed by atoms with E-state index in [1.807, 2.05) is 0 Å². The van der Waals surface area contributed by atoms with E-state index in [1.54, 1.807) is 0 Å². The standard InChI is InChI=1S/C20H42/c1-6-7-8-11-14-17-20(4,5)18-15-12-9-10-13-16-19(2)3/h19H,6-18H2,1-5H3. The Bertz CT molecular complexity index is 190. The van der Waals surface area contributed by atoms with Gasteiger partial charge in [0.2, 0.25) is 0 Å². The first kappa shape index (κ1) is 20.0. The summed E-state index contributed by atoms with van der Waals surface area (Å²) < 4.78 is 0. The van der Waals surface area contributed by atoms with Crippen molar-refractivity contribution in [2.75, 3.05) is 0 Å². The van der Waals surface area contributed by atoms with Gasteiger partial charge < -0.3 is 0 Å². The van der Waals surface area contributed by atoms with Crippen molar-refractivity contribution in [2.24, 2.45) is 11.3 Å². The molecular formula is C20H42. The van der Waals surface area contributed by atoms with E-state index in [4.69, 9.17) is 0 Å². The first-order chi connectivity index (χ1) is 9.48. The van der Waals surface area contributed by atoms with E-state index in [0.29, 0.717) is 5.41 Å². The van der Waals surface area contributed by atoms with Crippen molar-refractivity contribution in [1.29, 1.82) is 0 Å². The van der Waals surface area contributed by atoms with Gasteiger partial charge in [-0.2, -0.15) is 0 Å². The smallest absolute Gasteiger partial charge is 0.0354 e. The van der Waals surface area contributed by atoms with Crippen molar-refractivity contribution >= 4 is 0 Å². The summed E-state index contributed by atoms with van der Waals surface area (Å²) in [6.45, 7) is 11.9. The van der Waals surface area contributed by atoms with Gasteiger partial charge in [-0.1, -0.05) is 105 Å². The summed E-state index contributed by atoms with van der Waals surface area (Å²) in [7, 11) is 0.